The number of carboxylic acid groups (broad SMARTS) is 1. The number of hydrogen-bond donors (Lipinski definition) is 3. The smallest absolute Gasteiger partial charge is 0.329 e. The highest BCUT2D eigenvalue weighted by atomic mass is 16.5. The molecule has 2 fully saturated rings. The minimum absolute atomic E-state index is 0.211. The van der Waals surface area contributed by atoms with Crippen LogP contribution in [0.5, 0.6) is 0 Å². The molecular weight excluding hydrogens is 236 g/mol. The number of nitrogens with two attached hydrogens (primary N) is 1. The van der Waals surface area contributed by atoms with Gasteiger partial charge in [-0.25, -0.2) is 4.79 Å². The molecule has 1 aliphatic carbocycles. The summed E-state index contributed by atoms with van der Waals surface area (Å²) < 4.78 is 5.15. The highest BCUT2D eigenvalue weighted by molar-refractivity contribution is 5.87. The number of nitrogens with one attached hydrogen (secondary N) is 1. The van der Waals surface area contributed by atoms with Crippen LogP contribution in [0.4, 0.5) is 0 Å². The van der Waals surface area contributed by atoms with Gasteiger partial charge < -0.3 is 20.9 Å². The Kier molecular flexibility index (Phi) is 3.59. The Morgan fingerprint density at radius 3 is 2.28 bits per heavy atom. The van der Waals surface area contributed by atoms with Gasteiger partial charge in [-0.05, 0) is 19.3 Å². The number of hydrogen-bond acceptors (Lipinski definition) is 4. The van der Waals surface area contributed by atoms with Crippen molar-refractivity contribution in [2.24, 2.45) is 5.73 Å². The molecule has 4 N–H and O–H groups in total. The SMILES string of the molecule is NC1(CC(=O)NC2(C(=O)O)CCOCC2)CCC1. The molecule has 1 heterocycles. The van der Waals surface area contributed by atoms with Crippen molar-refractivity contribution < 1.29 is 19.4 Å². The molecule has 6 nitrogen and oxygen atoms in total. The molecule has 0 radical (unpaired) electrons. The minimum atomic E-state index is -1.17. The average molecular weight is 256 g/mol. The van der Waals surface area contributed by atoms with Gasteiger partial charge in [0.25, 0.3) is 0 Å². The van der Waals surface area contributed by atoms with E-state index in [2.05, 4.69) is 5.32 Å². The number of amides is 1. The summed E-state index contributed by atoms with van der Waals surface area (Å²) in [5, 5.41) is 12.0. The molecule has 18 heavy (non-hydrogen) atoms. The molecular formula is C12H20N2O4. The van der Waals surface area contributed by atoms with Crippen LogP contribution in [0.1, 0.15) is 38.5 Å². The molecule has 1 aliphatic heterocycles. The lowest BCUT2D eigenvalue weighted by Gasteiger charge is -2.39. The van der Waals surface area contributed by atoms with Crippen molar-refractivity contribution in [2.75, 3.05) is 13.2 Å². The van der Waals surface area contributed by atoms with Crippen LogP contribution in [0.25, 0.3) is 0 Å². The summed E-state index contributed by atoms with van der Waals surface area (Å²) in [6.45, 7) is 0.723. The third-order valence-electron chi connectivity index (χ3n) is 4.00. The first kappa shape index (κ1) is 13.3. The van der Waals surface area contributed by atoms with E-state index in [1.165, 1.54) is 0 Å². The van der Waals surface area contributed by atoms with E-state index in [0.29, 0.717) is 26.1 Å². The van der Waals surface area contributed by atoms with Gasteiger partial charge in [0.2, 0.25) is 5.91 Å². The Balaban J connectivity index is 1.96. The summed E-state index contributed by atoms with van der Waals surface area (Å²) in [4.78, 5) is 23.3. The molecule has 1 saturated heterocycles. The molecule has 0 aromatic heterocycles. The number of carbonyl (C=O) groups excluding carboxylic acids is 1. The van der Waals surface area contributed by atoms with Crippen LogP contribution in [-0.4, -0.2) is 41.3 Å². The Morgan fingerprint density at radius 1 is 1.22 bits per heavy atom. The van der Waals surface area contributed by atoms with Crippen molar-refractivity contribution in [3.63, 3.8) is 0 Å². The van der Waals surface area contributed by atoms with E-state index in [1.807, 2.05) is 0 Å². The predicted molar refractivity (Wildman–Crippen MR) is 63.9 cm³/mol. The first-order valence-electron chi connectivity index (χ1n) is 6.37. The molecule has 1 amide bonds. The predicted octanol–water partition coefficient (Wildman–Crippen LogP) is 0.00790. The third-order valence-corrected chi connectivity index (χ3v) is 4.00. The lowest BCUT2D eigenvalue weighted by molar-refractivity contribution is -0.152. The number of ether oxygens (including phenoxy) is 1. The van der Waals surface area contributed by atoms with Crippen LogP contribution in [-0.2, 0) is 14.3 Å². The molecule has 0 spiro atoms. The molecule has 102 valence electrons. The van der Waals surface area contributed by atoms with Gasteiger partial charge >= 0.3 is 5.97 Å². The average Bonchev–Trinajstić information content (AvgIpc) is 2.27. The van der Waals surface area contributed by atoms with Crippen LogP contribution in [0.15, 0.2) is 0 Å². The topological polar surface area (TPSA) is 102 Å². The number of carbonyl (C=O) groups is 2. The van der Waals surface area contributed by atoms with Gasteiger partial charge in [0.1, 0.15) is 5.54 Å². The molecule has 0 aromatic carbocycles. The lowest BCUT2D eigenvalue weighted by atomic mass is 9.75. The zero-order valence-corrected chi connectivity index (χ0v) is 10.4. The first-order valence-corrected chi connectivity index (χ1v) is 6.37. The second-order valence-electron chi connectivity index (χ2n) is 5.44. The second kappa shape index (κ2) is 4.85. The van der Waals surface area contributed by atoms with Gasteiger partial charge in [-0.2, -0.15) is 0 Å². The monoisotopic (exact) mass is 256 g/mol. The summed E-state index contributed by atoms with van der Waals surface area (Å²) >= 11 is 0. The zero-order chi connectivity index (χ0) is 13.2. The van der Waals surface area contributed by atoms with Crippen LogP contribution in [0.3, 0.4) is 0 Å². The van der Waals surface area contributed by atoms with Gasteiger partial charge in [-0.1, -0.05) is 0 Å². The van der Waals surface area contributed by atoms with Crippen molar-refractivity contribution in [1.29, 1.82) is 0 Å². The Labute approximate surface area is 106 Å². The Morgan fingerprint density at radius 2 is 1.83 bits per heavy atom. The number of rotatable bonds is 4. The van der Waals surface area contributed by atoms with E-state index in [1.54, 1.807) is 0 Å². The fourth-order valence-corrected chi connectivity index (χ4v) is 2.55. The van der Waals surface area contributed by atoms with Gasteiger partial charge in [-0.3, -0.25) is 4.79 Å². The van der Waals surface area contributed by atoms with Crippen molar-refractivity contribution in [1.82, 2.24) is 5.32 Å². The van der Waals surface area contributed by atoms with Gasteiger partial charge in [0.15, 0.2) is 0 Å². The lowest BCUT2D eigenvalue weighted by Crippen LogP contribution is -2.59. The first-order chi connectivity index (χ1) is 8.46. The molecule has 0 unspecified atom stereocenters. The molecule has 0 bridgehead atoms. The molecule has 0 atom stereocenters. The summed E-state index contributed by atoms with van der Waals surface area (Å²) in [5.74, 6) is -1.25. The van der Waals surface area contributed by atoms with E-state index in [9.17, 15) is 14.7 Å². The molecule has 0 aromatic rings. The fourth-order valence-electron chi connectivity index (χ4n) is 2.55. The van der Waals surface area contributed by atoms with Crippen LogP contribution in [0.2, 0.25) is 0 Å². The Bertz CT molecular complexity index is 346. The highest BCUT2D eigenvalue weighted by Crippen LogP contribution is 2.32. The largest absolute Gasteiger partial charge is 0.480 e. The van der Waals surface area contributed by atoms with E-state index >= 15 is 0 Å². The maximum absolute atomic E-state index is 11.9. The molecule has 2 rings (SSSR count). The third kappa shape index (κ3) is 2.64. The van der Waals surface area contributed by atoms with E-state index in [-0.39, 0.29) is 12.3 Å². The summed E-state index contributed by atoms with van der Waals surface area (Å²) in [5.41, 5.74) is 4.40. The van der Waals surface area contributed by atoms with E-state index < -0.39 is 17.0 Å². The van der Waals surface area contributed by atoms with Crippen molar-refractivity contribution >= 4 is 11.9 Å². The van der Waals surface area contributed by atoms with Crippen LogP contribution >= 0.6 is 0 Å². The fraction of sp³-hybridized carbons (Fsp3) is 0.833. The summed E-state index contributed by atoms with van der Waals surface area (Å²) in [6, 6.07) is 0. The quantitative estimate of drug-likeness (QED) is 0.657. The standard InChI is InChI=1S/C12H20N2O4/c13-11(2-1-3-11)8-9(15)14-12(10(16)17)4-6-18-7-5-12/h1-8,13H2,(H,14,15)(H,16,17). The van der Waals surface area contributed by atoms with Gasteiger partial charge in [-0.15, -0.1) is 0 Å². The van der Waals surface area contributed by atoms with Crippen LogP contribution < -0.4 is 11.1 Å². The summed E-state index contributed by atoms with van der Waals surface area (Å²) in [7, 11) is 0. The van der Waals surface area contributed by atoms with Crippen molar-refractivity contribution in [2.45, 2.75) is 49.6 Å². The van der Waals surface area contributed by atoms with Crippen molar-refractivity contribution in [3.8, 4) is 0 Å². The van der Waals surface area contributed by atoms with Crippen LogP contribution in [0, 0.1) is 0 Å². The molecule has 2 aliphatic rings. The maximum atomic E-state index is 11.9. The molecule has 1 saturated carbocycles. The van der Waals surface area contributed by atoms with Gasteiger partial charge in [0, 0.05) is 38.0 Å². The maximum Gasteiger partial charge on any atom is 0.329 e. The van der Waals surface area contributed by atoms with E-state index in [0.717, 1.165) is 19.3 Å². The Hall–Kier alpha value is -1.14. The number of aliphatic carboxylic acids is 1. The summed E-state index contributed by atoms with van der Waals surface area (Å²) in [6.07, 6.45) is 3.55. The van der Waals surface area contributed by atoms with Crippen molar-refractivity contribution in [3.05, 3.63) is 0 Å². The number of carboxylic acids is 1. The normalized spacial score (nSPS) is 24.9. The second-order valence-corrected chi connectivity index (χ2v) is 5.44. The molecule has 6 heteroatoms. The highest BCUT2D eigenvalue weighted by Gasteiger charge is 2.43. The minimum Gasteiger partial charge on any atom is -0.480 e. The van der Waals surface area contributed by atoms with Gasteiger partial charge in [0.05, 0.1) is 0 Å². The van der Waals surface area contributed by atoms with E-state index in [4.69, 9.17) is 10.5 Å². The zero-order valence-electron chi connectivity index (χ0n) is 10.4.